The molecule has 1 aromatic carbocycles. The smallest absolute Gasteiger partial charge is 0.0588 e. The van der Waals surface area contributed by atoms with Crippen molar-refractivity contribution in [2.75, 3.05) is 37.2 Å². The van der Waals surface area contributed by atoms with Gasteiger partial charge in [-0.1, -0.05) is 25.4 Å². The first kappa shape index (κ1) is 14.1. The molecule has 0 aliphatic rings. The monoisotopic (exact) mass is 255 g/mol. The van der Waals surface area contributed by atoms with Gasteiger partial charge in [0.25, 0.3) is 0 Å². The first-order chi connectivity index (χ1) is 8.17. The zero-order chi connectivity index (χ0) is 12.7. The van der Waals surface area contributed by atoms with Gasteiger partial charge in [0.15, 0.2) is 0 Å². The number of halogens is 1. The highest BCUT2D eigenvalue weighted by Crippen LogP contribution is 2.22. The van der Waals surface area contributed by atoms with Gasteiger partial charge in [-0.05, 0) is 44.3 Å². The van der Waals surface area contributed by atoms with E-state index in [1.165, 1.54) is 0 Å². The highest BCUT2D eigenvalue weighted by atomic mass is 35.5. The number of nitrogens with zero attached hydrogens (tertiary/aromatic N) is 1. The Morgan fingerprint density at radius 2 is 2.00 bits per heavy atom. The third-order valence-electron chi connectivity index (χ3n) is 2.88. The highest BCUT2D eigenvalue weighted by Gasteiger charge is 2.01. The molecular formula is C13H22ClN3. The van der Waals surface area contributed by atoms with Crippen molar-refractivity contribution in [3.05, 3.63) is 23.2 Å². The molecule has 0 unspecified atom stereocenters. The molecule has 17 heavy (non-hydrogen) atoms. The topological polar surface area (TPSA) is 41.3 Å². The third-order valence-corrected chi connectivity index (χ3v) is 3.11. The number of nitrogens with one attached hydrogen (secondary N) is 1. The maximum Gasteiger partial charge on any atom is 0.0588 e. The lowest BCUT2D eigenvalue weighted by Crippen LogP contribution is -2.25. The van der Waals surface area contributed by atoms with E-state index in [1.807, 2.05) is 12.1 Å². The first-order valence-electron chi connectivity index (χ1n) is 6.18. The molecule has 0 atom stereocenters. The summed E-state index contributed by atoms with van der Waals surface area (Å²) in [4.78, 5) is 2.41. The standard InChI is InChI=1S/C13H22ClN3/c1-3-17(4-2)9-5-8-16-13-10-11(14)6-7-12(13)15/h6-7,10,16H,3-5,8-9,15H2,1-2H3. The van der Waals surface area contributed by atoms with E-state index in [0.29, 0.717) is 5.02 Å². The van der Waals surface area contributed by atoms with E-state index in [4.69, 9.17) is 17.3 Å². The van der Waals surface area contributed by atoms with Gasteiger partial charge in [-0.3, -0.25) is 0 Å². The van der Waals surface area contributed by atoms with Gasteiger partial charge in [-0.15, -0.1) is 0 Å². The summed E-state index contributed by atoms with van der Waals surface area (Å²) < 4.78 is 0. The molecule has 0 saturated carbocycles. The van der Waals surface area contributed by atoms with Crippen molar-refractivity contribution < 1.29 is 0 Å². The van der Waals surface area contributed by atoms with Gasteiger partial charge in [-0.2, -0.15) is 0 Å². The average Bonchev–Trinajstić information content (AvgIpc) is 2.33. The molecule has 3 nitrogen and oxygen atoms in total. The van der Waals surface area contributed by atoms with Gasteiger partial charge in [0, 0.05) is 11.6 Å². The lowest BCUT2D eigenvalue weighted by molar-refractivity contribution is 0.303. The van der Waals surface area contributed by atoms with E-state index >= 15 is 0 Å². The Morgan fingerprint density at radius 3 is 2.65 bits per heavy atom. The molecule has 0 fully saturated rings. The van der Waals surface area contributed by atoms with Gasteiger partial charge in [0.1, 0.15) is 0 Å². The average molecular weight is 256 g/mol. The van der Waals surface area contributed by atoms with Crippen LogP contribution in [-0.2, 0) is 0 Å². The van der Waals surface area contributed by atoms with Crippen LogP contribution in [0.2, 0.25) is 5.02 Å². The summed E-state index contributed by atoms with van der Waals surface area (Å²) in [6.07, 6.45) is 1.10. The molecule has 3 N–H and O–H groups in total. The second-order valence-electron chi connectivity index (χ2n) is 4.04. The number of nitrogens with two attached hydrogens (primary N) is 1. The van der Waals surface area contributed by atoms with Gasteiger partial charge in [0.05, 0.1) is 11.4 Å². The van der Waals surface area contributed by atoms with Crippen molar-refractivity contribution in [2.24, 2.45) is 0 Å². The van der Waals surface area contributed by atoms with Crippen LogP contribution in [0.15, 0.2) is 18.2 Å². The highest BCUT2D eigenvalue weighted by molar-refractivity contribution is 6.31. The van der Waals surface area contributed by atoms with Crippen molar-refractivity contribution in [3.63, 3.8) is 0 Å². The van der Waals surface area contributed by atoms with Gasteiger partial charge in [0.2, 0.25) is 0 Å². The van der Waals surface area contributed by atoms with Crippen LogP contribution >= 0.6 is 11.6 Å². The Kier molecular flexibility index (Phi) is 6.16. The van der Waals surface area contributed by atoms with Crippen LogP contribution < -0.4 is 11.1 Å². The molecule has 0 bridgehead atoms. The fourth-order valence-corrected chi connectivity index (χ4v) is 1.92. The molecule has 96 valence electrons. The van der Waals surface area contributed by atoms with Crippen LogP contribution in [0.3, 0.4) is 0 Å². The van der Waals surface area contributed by atoms with Crippen molar-refractivity contribution in [1.82, 2.24) is 4.90 Å². The lowest BCUT2D eigenvalue weighted by atomic mass is 10.2. The number of nitrogen functional groups attached to an aromatic ring is 1. The number of hydrogen-bond donors (Lipinski definition) is 2. The summed E-state index contributed by atoms with van der Waals surface area (Å²) in [7, 11) is 0. The Labute approximate surface area is 109 Å². The van der Waals surface area contributed by atoms with E-state index < -0.39 is 0 Å². The van der Waals surface area contributed by atoms with Crippen molar-refractivity contribution in [1.29, 1.82) is 0 Å². The zero-order valence-electron chi connectivity index (χ0n) is 10.7. The third kappa shape index (κ3) is 4.84. The predicted molar refractivity (Wildman–Crippen MR) is 76.8 cm³/mol. The fourth-order valence-electron chi connectivity index (χ4n) is 1.75. The minimum absolute atomic E-state index is 0.713. The summed E-state index contributed by atoms with van der Waals surface area (Å²) in [5.74, 6) is 0. The summed E-state index contributed by atoms with van der Waals surface area (Å²) in [5.41, 5.74) is 7.53. The summed E-state index contributed by atoms with van der Waals surface area (Å²) >= 11 is 5.92. The van der Waals surface area contributed by atoms with Gasteiger partial charge < -0.3 is 16.0 Å². The molecule has 0 heterocycles. The second-order valence-corrected chi connectivity index (χ2v) is 4.48. The summed E-state index contributed by atoms with van der Waals surface area (Å²) in [6.45, 7) is 8.62. The Hall–Kier alpha value is -0.930. The van der Waals surface area contributed by atoms with E-state index in [1.54, 1.807) is 6.07 Å². The Bertz CT molecular complexity index is 337. The minimum Gasteiger partial charge on any atom is -0.397 e. The van der Waals surface area contributed by atoms with Gasteiger partial charge >= 0.3 is 0 Å². The normalized spacial score (nSPS) is 10.8. The molecule has 0 saturated heterocycles. The lowest BCUT2D eigenvalue weighted by Gasteiger charge is -2.18. The minimum atomic E-state index is 0.713. The van der Waals surface area contributed by atoms with Crippen LogP contribution in [0.5, 0.6) is 0 Å². The van der Waals surface area contributed by atoms with Crippen molar-refractivity contribution in [2.45, 2.75) is 20.3 Å². The molecule has 1 aromatic rings. The summed E-state index contributed by atoms with van der Waals surface area (Å²) in [6, 6.07) is 5.50. The van der Waals surface area contributed by atoms with E-state index in [2.05, 4.69) is 24.1 Å². The molecule has 0 aliphatic heterocycles. The molecular weight excluding hydrogens is 234 g/mol. The van der Waals surface area contributed by atoms with E-state index in [0.717, 1.165) is 44.0 Å². The van der Waals surface area contributed by atoms with Crippen molar-refractivity contribution >= 4 is 23.0 Å². The zero-order valence-corrected chi connectivity index (χ0v) is 11.4. The first-order valence-corrected chi connectivity index (χ1v) is 6.56. The van der Waals surface area contributed by atoms with Crippen LogP contribution in [0, 0.1) is 0 Å². The molecule has 1 rings (SSSR count). The number of rotatable bonds is 7. The van der Waals surface area contributed by atoms with Crippen LogP contribution in [0.4, 0.5) is 11.4 Å². The van der Waals surface area contributed by atoms with E-state index in [-0.39, 0.29) is 0 Å². The maximum atomic E-state index is 5.92. The molecule has 0 aromatic heterocycles. The Balaban J connectivity index is 2.33. The SMILES string of the molecule is CCN(CC)CCCNc1cc(Cl)ccc1N. The van der Waals surface area contributed by atoms with Crippen LogP contribution in [0.25, 0.3) is 0 Å². The molecule has 4 heteroatoms. The maximum absolute atomic E-state index is 5.92. The fraction of sp³-hybridized carbons (Fsp3) is 0.538. The Morgan fingerprint density at radius 1 is 1.29 bits per heavy atom. The molecule has 0 spiro atoms. The van der Waals surface area contributed by atoms with Crippen LogP contribution in [0.1, 0.15) is 20.3 Å². The molecule has 0 amide bonds. The van der Waals surface area contributed by atoms with Gasteiger partial charge in [-0.25, -0.2) is 0 Å². The summed E-state index contributed by atoms with van der Waals surface area (Å²) in [5, 5.41) is 4.03. The number of anilines is 2. The molecule has 0 aliphatic carbocycles. The van der Waals surface area contributed by atoms with Crippen LogP contribution in [-0.4, -0.2) is 31.1 Å². The number of hydrogen-bond acceptors (Lipinski definition) is 3. The van der Waals surface area contributed by atoms with Crippen molar-refractivity contribution in [3.8, 4) is 0 Å². The second kappa shape index (κ2) is 7.41. The van der Waals surface area contributed by atoms with E-state index in [9.17, 15) is 0 Å². The number of benzene rings is 1. The predicted octanol–water partition coefficient (Wildman–Crippen LogP) is 3.07. The quantitative estimate of drug-likeness (QED) is 0.581. The molecule has 0 radical (unpaired) electrons. The largest absolute Gasteiger partial charge is 0.397 e.